The van der Waals surface area contributed by atoms with Gasteiger partial charge < -0.3 is 10.3 Å². The van der Waals surface area contributed by atoms with E-state index in [-0.39, 0.29) is 10.8 Å². The van der Waals surface area contributed by atoms with Gasteiger partial charge in [-0.2, -0.15) is 0 Å². The van der Waals surface area contributed by atoms with Gasteiger partial charge in [-0.1, -0.05) is 59.7 Å². The highest BCUT2D eigenvalue weighted by Gasteiger charge is 2.21. The minimum absolute atomic E-state index is 0.0119. The Morgan fingerprint density at radius 2 is 1.44 bits per heavy atom. The fourth-order valence-electron chi connectivity index (χ4n) is 4.32. The Hall–Kier alpha value is -3.66. The first-order chi connectivity index (χ1) is 16.1. The van der Waals surface area contributed by atoms with Gasteiger partial charge in [0.2, 0.25) is 0 Å². The van der Waals surface area contributed by atoms with E-state index in [0.717, 1.165) is 33.9 Å². The number of hydrogen-bond acceptors (Lipinski definition) is 3. The minimum Gasteiger partial charge on any atom is -0.354 e. The quantitative estimate of drug-likeness (QED) is 0.293. The average molecular weight is 449 g/mol. The number of fused-ring (bicyclic) bond motifs is 3. The number of pyridine rings is 2. The van der Waals surface area contributed by atoms with Crippen molar-refractivity contribution in [3.05, 3.63) is 84.1 Å². The van der Waals surface area contributed by atoms with Gasteiger partial charge >= 0.3 is 0 Å². The molecule has 2 N–H and O–H groups in total. The SMILES string of the molecule is CC(C)(C)c1ccc2[nH]c3c(-c4cccc(Nc5ccccn5)n4)cc(C(C)(C)C)cc3c2c1. The molecule has 0 atom stereocenters. The zero-order valence-corrected chi connectivity index (χ0v) is 20.8. The maximum atomic E-state index is 4.97. The maximum absolute atomic E-state index is 4.97. The van der Waals surface area contributed by atoms with E-state index in [1.807, 2.05) is 30.3 Å². The molecule has 4 heteroatoms. The third-order valence-electron chi connectivity index (χ3n) is 6.39. The van der Waals surface area contributed by atoms with Crippen LogP contribution < -0.4 is 5.32 Å². The molecule has 0 unspecified atom stereocenters. The lowest BCUT2D eigenvalue weighted by atomic mass is 9.84. The predicted octanol–water partition coefficient (Wildman–Crippen LogP) is 8.12. The summed E-state index contributed by atoms with van der Waals surface area (Å²) in [5.41, 5.74) is 7.05. The van der Waals surface area contributed by atoms with E-state index in [9.17, 15) is 0 Å². The zero-order chi connectivity index (χ0) is 24.1. The largest absolute Gasteiger partial charge is 0.354 e. The van der Waals surface area contributed by atoms with Crippen LogP contribution in [0.1, 0.15) is 52.7 Å². The van der Waals surface area contributed by atoms with Crippen LogP contribution in [0.2, 0.25) is 0 Å². The fraction of sp³-hybridized carbons (Fsp3) is 0.267. The van der Waals surface area contributed by atoms with E-state index in [2.05, 4.69) is 93.2 Å². The second kappa shape index (κ2) is 7.98. The molecule has 0 spiro atoms. The van der Waals surface area contributed by atoms with Crippen molar-refractivity contribution < 1.29 is 0 Å². The first kappa shape index (κ1) is 22.1. The molecule has 0 bridgehead atoms. The summed E-state index contributed by atoms with van der Waals surface area (Å²) in [5, 5.41) is 5.83. The molecular formula is C30H32N4. The highest BCUT2D eigenvalue weighted by atomic mass is 15.1. The van der Waals surface area contributed by atoms with E-state index >= 15 is 0 Å². The molecule has 4 nitrogen and oxygen atoms in total. The number of hydrogen-bond donors (Lipinski definition) is 2. The van der Waals surface area contributed by atoms with Gasteiger partial charge in [0.05, 0.1) is 11.2 Å². The maximum Gasteiger partial charge on any atom is 0.132 e. The molecule has 5 aromatic rings. The van der Waals surface area contributed by atoms with E-state index in [1.54, 1.807) is 6.20 Å². The molecule has 2 aromatic carbocycles. The van der Waals surface area contributed by atoms with Crippen molar-refractivity contribution in [3.63, 3.8) is 0 Å². The Morgan fingerprint density at radius 1 is 0.706 bits per heavy atom. The van der Waals surface area contributed by atoms with Gasteiger partial charge in [0, 0.05) is 28.0 Å². The van der Waals surface area contributed by atoms with Crippen LogP contribution in [-0.4, -0.2) is 15.0 Å². The molecule has 34 heavy (non-hydrogen) atoms. The summed E-state index contributed by atoms with van der Waals surface area (Å²) in [7, 11) is 0. The summed E-state index contributed by atoms with van der Waals surface area (Å²) in [6, 6.07) is 23.3. The van der Waals surface area contributed by atoms with Crippen LogP contribution in [-0.2, 0) is 10.8 Å². The number of nitrogens with zero attached hydrogens (tertiary/aromatic N) is 2. The van der Waals surface area contributed by atoms with Crippen molar-refractivity contribution in [3.8, 4) is 11.3 Å². The summed E-state index contributed by atoms with van der Waals surface area (Å²) in [5.74, 6) is 1.55. The zero-order valence-electron chi connectivity index (χ0n) is 20.8. The first-order valence-electron chi connectivity index (χ1n) is 11.9. The summed E-state index contributed by atoms with van der Waals surface area (Å²) >= 11 is 0. The summed E-state index contributed by atoms with van der Waals surface area (Å²) in [4.78, 5) is 13.0. The van der Waals surface area contributed by atoms with Crippen molar-refractivity contribution in [2.75, 3.05) is 5.32 Å². The molecule has 0 radical (unpaired) electrons. The van der Waals surface area contributed by atoms with Crippen LogP contribution in [0.3, 0.4) is 0 Å². The lowest BCUT2D eigenvalue weighted by Gasteiger charge is -2.21. The molecule has 0 aliphatic rings. The Labute approximate surface area is 201 Å². The molecular weight excluding hydrogens is 416 g/mol. The Balaban J connectivity index is 1.72. The molecule has 172 valence electrons. The van der Waals surface area contributed by atoms with Crippen LogP contribution >= 0.6 is 0 Å². The van der Waals surface area contributed by atoms with Gasteiger partial charge in [-0.15, -0.1) is 0 Å². The standard InChI is InChI=1S/C30H32N4/c1-29(2,3)19-13-14-25-21(16-19)22-17-20(30(4,5)6)18-23(28(22)33-25)24-10-9-12-27(32-24)34-26-11-7-8-15-31-26/h7-18,33H,1-6H3,(H,31,32,34). The molecule has 0 fully saturated rings. The second-order valence-electron chi connectivity index (χ2n) is 11.1. The lowest BCUT2D eigenvalue weighted by molar-refractivity contribution is 0.590. The van der Waals surface area contributed by atoms with Crippen LogP contribution in [0.15, 0.2) is 72.9 Å². The number of nitrogens with one attached hydrogen (secondary N) is 2. The summed E-state index contributed by atoms with van der Waals surface area (Å²) in [6.07, 6.45) is 1.78. The second-order valence-corrected chi connectivity index (χ2v) is 11.1. The number of H-pyrrole nitrogens is 1. The Kier molecular flexibility index (Phi) is 5.20. The van der Waals surface area contributed by atoms with Gasteiger partial charge in [0.15, 0.2) is 0 Å². The summed E-state index contributed by atoms with van der Waals surface area (Å²) in [6.45, 7) is 13.6. The van der Waals surface area contributed by atoms with Crippen molar-refractivity contribution in [1.29, 1.82) is 0 Å². The highest BCUT2D eigenvalue weighted by Crippen LogP contribution is 2.39. The number of anilines is 2. The van der Waals surface area contributed by atoms with E-state index in [0.29, 0.717) is 0 Å². The molecule has 0 saturated heterocycles. The number of benzene rings is 2. The third kappa shape index (κ3) is 4.16. The van der Waals surface area contributed by atoms with Gasteiger partial charge in [0.1, 0.15) is 11.6 Å². The smallest absolute Gasteiger partial charge is 0.132 e. The van der Waals surface area contributed by atoms with Crippen LogP contribution in [0.4, 0.5) is 11.6 Å². The van der Waals surface area contributed by atoms with E-state index in [1.165, 1.54) is 21.9 Å². The van der Waals surface area contributed by atoms with Crippen LogP contribution in [0.5, 0.6) is 0 Å². The van der Waals surface area contributed by atoms with Gasteiger partial charge in [-0.3, -0.25) is 0 Å². The molecule has 3 aromatic heterocycles. The molecule has 3 heterocycles. The van der Waals surface area contributed by atoms with Crippen LogP contribution in [0, 0.1) is 0 Å². The van der Waals surface area contributed by atoms with Gasteiger partial charge in [-0.05, 0) is 70.5 Å². The van der Waals surface area contributed by atoms with Crippen LogP contribution in [0.25, 0.3) is 33.1 Å². The fourth-order valence-corrected chi connectivity index (χ4v) is 4.32. The Morgan fingerprint density at radius 3 is 2.15 bits per heavy atom. The topological polar surface area (TPSA) is 53.6 Å². The third-order valence-corrected chi connectivity index (χ3v) is 6.39. The van der Waals surface area contributed by atoms with Crippen molar-refractivity contribution in [2.24, 2.45) is 0 Å². The van der Waals surface area contributed by atoms with Gasteiger partial charge in [-0.25, -0.2) is 9.97 Å². The van der Waals surface area contributed by atoms with Crippen molar-refractivity contribution in [2.45, 2.75) is 52.4 Å². The van der Waals surface area contributed by atoms with E-state index < -0.39 is 0 Å². The first-order valence-corrected chi connectivity index (χ1v) is 11.9. The van der Waals surface area contributed by atoms with Gasteiger partial charge in [0.25, 0.3) is 0 Å². The molecule has 0 aliphatic carbocycles. The number of rotatable bonds is 3. The Bertz CT molecular complexity index is 1480. The average Bonchev–Trinajstić information content (AvgIpc) is 3.16. The predicted molar refractivity (Wildman–Crippen MR) is 144 cm³/mol. The molecule has 0 saturated carbocycles. The van der Waals surface area contributed by atoms with E-state index in [4.69, 9.17) is 4.98 Å². The highest BCUT2D eigenvalue weighted by molar-refractivity contribution is 6.12. The lowest BCUT2D eigenvalue weighted by Crippen LogP contribution is -2.11. The minimum atomic E-state index is 0.0119. The molecule has 0 aliphatic heterocycles. The van der Waals surface area contributed by atoms with Crippen molar-refractivity contribution >= 4 is 33.4 Å². The summed E-state index contributed by atoms with van der Waals surface area (Å²) < 4.78 is 0. The number of aromatic amines is 1. The molecule has 5 rings (SSSR count). The normalized spacial score (nSPS) is 12.4. The number of aromatic nitrogens is 3. The monoisotopic (exact) mass is 448 g/mol. The van der Waals surface area contributed by atoms with Crippen molar-refractivity contribution in [1.82, 2.24) is 15.0 Å². The molecule has 0 amide bonds.